The Morgan fingerprint density at radius 1 is 0.548 bits per heavy atom. The number of aromatic nitrogens is 4. The van der Waals surface area contributed by atoms with Crippen molar-refractivity contribution in [3.63, 3.8) is 0 Å². The minimum absolute atomic E-state index is 0.918. The smallest absolute Gasteiger partial charge is 0.124 e. The number of fused-ring (bicyclic) bond motifs is 2. The zero-order chi connectivity index (χ0) is 31.6. The Labute approximate surface area is 279 Å². The fraction of sp³-hybridized carbons (Fsp3) is 0.242. The first-order chi connectivity index (χ1) is 20.7. The Bertz CT molecular complexity index is 1260. The van der Waals surface area contributed by atoms with Gasteiger partial charge in [-0.1, -0.05) is 100 Å². The van der Waals surface area contributed by atoms with Crippen molar-refractivity contribution in [3.8, 4) is 16.3 Å². The first kappa shape index (κ1) is 39.5. The Morgan fingerprint density at radius 2 is 0.929 bits per heavy atom. The normalized spacial score (nSPS) is 8.90. The number of hydrogen-bond acceptors (Lipinski definition) is 6. The van der Waals surface area contributed by atoms with E-state index in [4.69, 9.17) is 0 Å². The predicted molar refractivity (Wildman–Crippen MR) is 205 cm³/mol. The van der Waals surface area contributed by atoms with Crippen LogP contribution in [0.4, 0.5) is 0 Å². The largest absolute Gasteiger partial charge is 0.323 e. The molecular formula is C33H44I2N6S. The summed E-state index contributed by atoms with van der Waals surface area (Å²) in [5, 5.41) is 15.4. The highest BCUT2D eigenvalue weighted by molar-refractivity contribution is 15.0. The molecule has 0 aliphatic rings. The lowest BCUT2D eigenvalue weighted by Crippen LogP contribution is -1.97. The quantitative estimate of drug-likeness (QED) is 0.171. The van der Waals surface area contributed by atoms with Gasteiger partial charge in [0.2, 0.25) is 0 Å². The number of halogens is 2. The number of hydrogen-bond donors (Lipinski definition) is 2. The minimum Gasteiger partial charge on any atom is -0.323 e. The number of rotatable bonds is 2. The van der Waals surface area contributed by atoms with Gasteiger partial charge in [-0.2, -0.15) is 4.80 Å². The maximum absolute atomic E-state index is 4.60. The van der Waals surface area contributed by atoms with E-state index in [9.17, 15) is 0 Å². The molecule has 0 radical (unpaired) electrons. The van der Waals surface area contributed by atoms with E-state index in [1.165, 1.54) is 10.3 Å². The second-order valence-electron chi connectivity index (χ2n) is 7.67. The highest BCUT2D eigenvalue weighted by Crippen LogP contribution is 2.29. The van der Waals surface area contributed by atoms with Crippen LogP contribution in [0.5, 0.6) is 0 Å². The lowest BCUT2D eigenvalue weighted by atomic mass is 10.2. The molecule has 6 nitrogen and oxygen atoms in total. The van der Waals surface area contributed by atoms with Gasteiger partial charge in [0, 0.05) is 42.8 Å². The van der Waals surface area contributed by atoms with Crippen LogP contribution in [0, 0.1) is 0 Å². The molecule has 0 aliphatic carbocycles. The van der Waals surface area contributed by atoms with E-state index in [0.29, 0.717) is 0 Å². The van der Waals surface area contributed by atoms with Gasteiger partial charge in [0.05, 0.1) is 15.9 Å². The summed E-state index contributed by atoms with van der Waals surface area (Å²) in [5.74, 6) is 0. The van der Waals surface area contributed by atoms with E-state index in [0.717, 1.165) is 27.2 Å². The van der Waals surface area contributed by atoms with Crippen LogP contribution in [0.15, 0.2) is 109 Å². The summed E-state index contributed by atoms with van der Waals surface area (Å²) in [5.41, 5.74) is 5.09. The maximum Gasteiger partial charge on any atom is 0.124 e. The molecule has 4 aromatic carbocycles. The molecule has 0 fully saturated rings. The van der Waals surface area contributed by atoms with Crippen LogP contribution >= 0.6 is 48.6 Å². The van der Waals surface area contributed by atoms with Crippen molar-refractivity contribution in [1.29, 1.82) is 0 Å². The molecule has 2 aromatic heterocycles. The van der Waals surface area contributed by atoms with Crippen molar-refractivity contribution >= 4 is 69.8 Å². The maximum atomic E-state index is 4.60. The molecule has 0 spiro atoms. The molecule has 0 atom stereocenters. The third-order valence-electron chi connectivity index (χ3n) is 4.59. The van der Waals surface area contributed by atoms with Crippen LogP contribution in [0.3, 0.4) is 0 Å². The summed E-state index contributed by atoms with van der Waals surface area (Å²) >= 11 is 5.98. The molecular weight excluding hydrogens is 766 g/mol. The van der Waals surface area contributed by atoms with E-state index in [2.05, 4.69) is 93.4 Å². The molecule has 0 saturated carbocycles. The zero-order valence-electron chi connectivity index (χ0n) is 25.8. The average molecular weight is 811 g/mol. The van der Waals surface area contributed by atoms with Crippen LogP contribution in [0.2, 0.25) is 0 Å². The van der Waals surface area contributed by atoms with Crippen LogP contribution < -0.4 is 10.6 Å². The SMILES string of the molecule is CC.CC.CNC.CNC.II.c1ccc(-c2nc3ccccc3s2)cc1.c1ccc(-n2nc3ccccc3n2)cc1. The number of benzene rings is 4. The van der Waals surface area contributed by atoms with E-state index in [1.807, 2.05) is 135 Å². The Morgan fingerprint density at radius 3 is 1.38 bits per heavy atom. The van der Waals surface area contributed by atoms with Gasteiger partial charge < -0.3 is 10.6 Å². The number of para-hydroxylation sites is 2. The van der Waals surface area contributed by atoms with E-state index in [1.54, 1.807) is 16.1 Å². The van der Waals surface area contributed by atoms with Crippen molar-refractivity contribution in [3.05, 3.63) is 109 Å². The zero-order valence-corrected chi connectivity index (χ0v) is 31.0. The molecule has 0 unspecified atom stereocenters. The molecule has 9 heteroatoms. The molecule has 0 bridgehead atoms. The highest BCUT2D eigenvalue weighted by Gasteiger charge is 2.04. The van der Waals surface area contributed by atoms with Crippen molar-refractivity contribution < 1.29 is 0 Å². The van der Waals surface area contributed by atoms with Crippen LogP contribution in [0.25, 0.3) is 37.5 Å². The van der Waals surface area contributed by atoms with E-state index in [-0.39, 0.29) is 0 Å². The van der Waals surface area contributed by atoms with Crippen molar-refractivity contribution in [2.45, 2.75) is 27.7 Å². The highest BCUT2D eigenvalue weighted by atomic mass is 128. The average Bonchev–Trinajstić information content (AvgIpc) is 3.71. The Balaban J connectivity index is 0.000000589. The van der Waals surface area contributed by atoms with Crippen molar-refractivity contribution in [1.82, 2.24) is 30.6 Å². The molecule has 226 valence electrons. The molecule has 0 saturated heterocycles. The number of nitrogens with zero attached hydrogens (tertiary/aromatic N) is 4. The molecule has 2 heterocycles. The van der Waals surface area contributed by atoms with Gasteiger partial charge in [0.1, 0.15) is 16.0 Å². The summed E-state index contributed by atoms with van der Waals surface area (Å²) in [7, 11) is 7.50. The standard InChI is InChI=1S/C13H9NS.C12H9N3.2C2H7N.2C2H6.I2/c1-2-6-10(7-3-1)13-14-11-8-4-5-9-12(11)15-13;1-2-6-10(7-3-1)15-13-11-8-4-5-9-12(11)14-15;2*1-3-2;3*1-2/h2*1-9H;2*3H,1-2H3;2*1-2H3;. The van der Waals surface area contributed by atoms with Crippen molar-refractivity contribution in [2.75, 3.05) is 28.2 Å². The Hall–Kier alpha value is -2.45. The minimum atomic E-state index is 0.918. The first-order valence-electron chi connectivity index (χ1n) is 13.8. The Kier molecular flexibility index (Phi) is 24.7. The van der Waals surface area contributed by atoms with E-state index < -0.39 is 0 Å². The predicted octanol–water partition coefficient (Wildman–Crippen LogP) is 9.88. The van der Waals surface area contributed by atoms with Gasteiger partial charge in [0.25, 0.3) is 0 Å². The topological polar surface area (TPSA) is 67.7 Å². The van der Waals surface area contributed by atoms with Gasteiger partial charge in [-0.05, 0) is 64.6 Å². The monoisotopic (exact) mass is 810 g/mol. The summed E-state index contributed by atoms with van der Waals surface area (Å²) in [6.45, 7) is 8.00. The molecule has 42 heavy (non-hydrogen) atoms. The molecule has 6 aromatic rings. The van der Waals surface area contributed by atoms with Crippen LogP contribution in [0.1, 0.15) is 27.7 Å². The molecule has 0 aliphatic heterocycles. The number of nitrogens with one attached hydrogen (secondary N) is 2. The van der Waals surface area contributed by atoms with Crippen LogP contribution in [-0.4, -0.2) is 48.2 Å². The molecule has 2 N–H and O–H groups in total. The lowest BCUT2D eigenvalue weighted by molar-refractivity contribution is 0.766. The molecule has 6 rings (SSSR count). The number of thiazole rings is 1. The third-order valence-corrected chi connectivity index (χ3v) is 5.67. The second kappa shape index (κ2) is 26.2. The van der Waals surface area contributed by atoms with Gasteiger partial charge in [-0.3, -0.25) is 0 Å². The molecule has 0 amide bonds. The van der Waals surface area contributed by atoms with Crippen molar-refractivity contribution in [2.24, 2.45) is 0 Å². The summed E-state index contributed by atoms with van der Waals surface area (Å²) < 4.78 is 1.25. The lowest BCUT2D eigenvalue weighted by Gasteiger charge is -1.96. The van der Waals surface area contributed by atoms with Gasteiger partial charge in [0.15, 0.2) is 0 Å². The third kappa shape index (κ3) is 14.1. The van der Waals surface area contributed by atoms with Gasteiger partial charge in [-0.15, -0.1) is 21.5 Å². The fourth-order valence-corrected chi connectivity index (χ4v) is 4.08. The van der Waals surface area contributed by atoms with Crippen LogP contribution in [-0.2, 0) is 0 Å². The summed E-state index contributed by atoms with van der Waals surface area (Å²) in [6.07, 6.45) is 0. The fourth-order valence-electron chi connectivity index (χ4n) is 3.11. The first-order valence-corrected chi connectivity index (χ1v) is 20.9. The second-order valence-corrected chi connectivity index (χ2v) is 8.70. The summed E-state index contributed by atoms with van der Waals surface area (Å²) in [4.78, 5) is 6.26. The summed E-state index contributed by atoms with van der Waals surface area (Å²) in [6, 6.07) is 36.3. The van der Waals surface area contributed by atoms with Gasteiger partial charge in [-0.25, -0.2) is 4.98 Å². The van der Waals surface area contributed by atoms with E-state index >= 15 is 0 Å². The van der Waals surface area contributed by atoms with Gasteiger partial charge >= 0.3 is 0 Å².